The summed E-state index contributed by atoms with van der Waals surface area (Å²) in [4.78, 5) is 15.0. The number of carbonyl (C=O) groups excluding carboxylic acids is 1. The maximum Gasteiger partial charge on any atom is 0.416 e. The van der Waals surface area contributed by atoms with Gasteiger partial charge < -0.3 is 4.74 Å². The molecule has 112 valence electrons. The Morgan fingerprint density at radius 1 is 1.38 bits per heavy atom. The van der Waals surface area contributed by atoms with Gasteiger partial charge in [-0.3, -0.25) is 5.10 Å². The molecule has 0 aliphatic heterocycles. The molecule has 0 spiro atoms. The van der Waals surface area contributed by atoms with Gasteiger partial charge in [-0.25, -0.2) is 14.2 Å². The lowest BCUT2D eigenvalue weighted by Crippen LogP contribution is -2.07. The van der Waals surface area contributed by atoms with E-state index in [-0.39, 0.29) is 18.3 Å². The summed E-state index contributed by atoms with van der Waals surface area (Å²) in [6.45, 7) is 1.66. The largest absolute Gasteiger partial charge is 0.460 e. The predicted molar refractivity (Wildman–Crippen MR) is 62.7 cm³/mol. The molecule has 0 radical (unpaired) electrons. The van der Waals surface area contributed by atoms with E-state index in [2.05, 4.69) is 19.9 Å². The zero-order chi connectivity index (χ0) is 15.6. The number of ether oxygens (including phenoxy) is 1. The highest BCUT2D eigenvalue weighted by Crippen LogP contribution is 2.32. The van der Waals surface area contributed by atoms with Crippen molar-refractivity contribution in [3.63, 3.8) is 0 Å². The van der Waals surface area contributed by atoms with Crippen LogP contribution in [-0.2, 0) is 10.9 Å². The molecule has 0 fully saturated rings. The van der Waals surface area contributed by atoms with Gasteiger partial charge in [0, 0.05) is 0 Å². The Morgan fingerprint density at radius 3 is 2.71 bits per heavy atom. The first kappa shape index (κ1) is 14.9. The van der Waals surface area contributed by atoms with Gasteiger partial charge in [-0.2, -0.15) is 18.3 Å². The van der Waals surface area contributed by atoms with Crippen molar-refractivity contribution < 1.29 is 27.1 Å². The maximum atomic E-state index is 13.6. The average Bonchev–Trinajstić information content (AvgIpc) is 2.87. The number of halogens is 4. The molecule has 9 heteroatoms. The van der Waals surface area contributed by atoms with Crippen LogP contribution in [-0.4, -0.2) is 27.8 Å². The van der Waals surface area contributed by atoms with Crippen molar-refractivity contribution in [3.8, 4) is 11.4 Å². The molecule has 0 atom stereocenters. The van der Waals surface area contributed by atoms with Crippen LogP contribution in [0.25, 0.3) is 11.4 Å². The highest BCUT2D eigenvalue weighted by atomic mass is 19.4. The predicted octanol–water partition coefficient (Wildman–Crippen LogP) is 2.81. The SMILES string of the molecule is CCOC(=O)c1nc(-c2cc(C(F)(F)F)ccc2F)n[nH]1. The number of carbonyl (C=O) groups is 1. The number of aromatic amines is 1. The minimum atomic E-state index is -4.62. The van der Waals surface area contributed by atoms with E-state index < -0.39 is 29.1 Å². The number of alkyl halides is 3. The Morgan fingerprint density at radius 2 is 2.10 bits per heavy atom. The van der Waals surface area contributed by atoms with Crippen LogP contribution in [0, 0.1) is 5.82 Å². The third-order valence-corrected chi connectivity index (χ3v) is 2.49. The average molecular weight is 303 g/mol. The van der Waals surface area contributed by atoms with Crippen LogP contribution in [0.3, 0.4) is 0 Å². The van der Waals surface area contributed by atoms with Crippen LogP contribution in [0.4, 0.5) is 17.6 Å². The summed E-state index contributed by atoms with van der Waals surface area (Å²) in [5, 5.41) is 5.72. The van der Waals surface area contributed by atoms with E-state index in [9.17, 15) is 22.4 Å². The summed E-state index contributed by atoms with van der Waals surface area (Å²) in [6.07, 6.45) is -4.62. The molecule has 1 heterocycles. The second-order valence-corrected chi connectivity index (χ2v) is 3.92. The number of H-pyrrole nitrogens is 1. The second-order valence-electron chi connectivity index (χ2n) is 3.92. The maximum absolute atomic E-state index is 13.6. The van der Waals surface area contributed by atoms with Gasteiger partial charge in [0.25, 0.3) is 0 Å². The molecule has 0 aliphatic carbocycles. The van der Waals surface area contributed by atoms with E-state index in [1.807, 2.05) is 0 Å². The van der Waals surface area contributed by atoms with Crippen molar-refractivity contribution in [2.45, 2.75) is 13.1 Å². The molecule has 1 aromatic carbocycles. The molecule has 0 aliphatic rings. The van der Waals surface area contributed by atoms with Gasteiger partial charge in [0.15, 0.2) is 5.82 Å². The second kappa shape index (κ2) is 5.51. The summed E-state index contributed by atoms with van der Waals surface area (Å²) in [6, 6.07) is 1.85. The van der Waals surface area contributed by atoms with Gasteiger partial charge in [0.1, 0.15) is 5.82 Å². The quantitative estimate of drug-likeness (QED) is 0.699. The monoisotopic (exact) mass is 303 g/mol. The lowest BCUT2D eigenvalue weighted by Gasteiger charge is -2.07. The number of nitrogens with one attached hydrogen (secondary N) is 1. The third-order valence-electron chi connectivity index (χ3n) is 2.49. The topological polar surface area (TPSA) is 67.9 Å². The molecule has 1 aromatic heterocycles. The van der Waals surface area contributed by atoms with Crippen LogP contribution >= 0.6 is 0 Å². The first-order valence-electron chi connectivity index (χ1n) is 5.79. The van der Waals surface area contributed by atoms with Crippen LogP contribution in [0.15, 0.2) is 18.2 Å². The van der Waals surface area contributed by atoms with Crippen molar-refractivity contribution in [2.24, 2.45) is 0 Å². The van der Waals surface area contributed by atoms with E-state index in [0.29, 0.717) is 18.2 Å². The fourth-order valence-electron chi connectivity index (χ4n) is 1.55. The lowest BCUT2D eigenvalue weighted by molar-refractivity contribution is -0.137. The lowest BCUT2D eigenvalue weighted by atomic mass is 10.1. The zero-order valence-electron chi connectivity index (χ0n) is 10.7. The van der Waals surface area contributed by atoms with Crippen molar-refractivity contribution >= 4 is 5.97 Å². The molecule has 1 N–H and O–H groups in total. The molecule has 0 amide bonds. The summed E-state index contributed by atoms with van der Waals surface area (Å²) in [7, 11) is 0. The summed E-state index contributed by atoms with van der Waals surface area (Å²) < 4.78 is 56.1. The van der Waals surface area contributed by atoms with Crippen LogP contribution in [0.2, 0.25) is 0 Å². The van der Waals surface area contributed by atoms with Gasteiger partial charge in [0.2, 0.25) is 5.82 Å². The molecular weight excluding hydrogens is 294 g/mol. The zero-order valence-corrected chi connectivity index (χ0v) is 10.7. The highest BCUT2D eigenvalue weighted by molar-refractivity contribution is 5.85. The molecule has 0 unspecified atom stereocenters. The molecule has 0 bridgehead atoms. The van der Waals surface area contributed by atoms with E-state index in [4.69, 9.17) is 0 Å². The van der Waals surface area contributed by atoms with Crippen molar-refractivity contribution in [1.82, 2.24) is 15.2 Å². The Balaban J connectivity index is 2.40. The van der Waals surface area contributed by atoms with E-state index in [0.717, 1.165) is 0 Å². The molecule has 0 saturated carbocycles. The molecule has 2 aromatic rings. The molecular formula is C12H9F4N3O2. The summed E-state index contributed by atoms with van der Waals surface area (Å²) in [5.41, 5.74) is -1.50. The Hall–Kier alpha value is -2.45. The standard InChI is InChI=1S/C12H9F4N3O2/c1-2-21-11(20)10-17-9(18-19-10)7-5-6(12(14,15)16)3-4-8(7)13/h3-5H,2H2,1H3,(H,17,18,19). The van der Waals surface area contributed by atoms with E-state index >= 15 is 0 Å². The van der Waals surface area contributed by atoms with E-state index in [1.54, 1.807) is 6.92 Å². The minimum absolute atomic E-state index is 0.0901. The normalized spacial score (nSPS) is 11.5. The smallest absolute Gasteiger partial charge is 0.416 e. The number of aromatic nitrogens is 3. The van der Waals surface area contributed by atoms with E-state index in [1.165, 1.54) is 0 Å². The number of hydrogen-bond acceptors (Lipinski definition) is 4. The Labute approximate surface area is 116 Å². The van der Waals surface area contributed by atoms with Crippen LogP contribution in [0.1, 0.15) is 23.1 Å². The van der Waals surface area contributed by atoms with Crippen molar-refractivity contribution in [2.75, 3.05) is 6.61 Å². The molecule has 5 nitrogen and oxygen atoms in total. The fourth-order valence-corrected chi connectivity index (χ4v) is 1.55. The fraction of sp³-hybridized carbons (Fsp3) is 0.250. The summed E-state index contributed by atoms with van der Waals surface area (Å²) >= 11 is 0. The number of rotatable bonds is 3. The van der Waals surface area contributed by atoms with Gasteiger partial charge in [-0.15, -0.1) is 0 Å². The van der Waals surface area contributed by atoms with Gasteiger partial charge in [0.05, 0.1) is 17.7 Å². The number of esters is 1. The third kappa shape index (κ3) is 3.18. The van der Waals surface area contributed by atoms with Crippen molar-refractivity contribution in [3.05, 3.63) is 35.4 Å². The first-order chi connectivity index (χ1) is 9.82. The summed E-state index contributed by atoms with van der Waals surface area (Å²) in [5.74, 6) is -2.44. The van der Waals surface area contributed by atoms with Crippen molar-refractivity contribution in [1.29, 1.82) is 0 Å². The van der Waals surface area contributed by atoms with Gasteiger partial charge in [-0.1, -0.05) is 0 Å². The minimum Gasteiger partial charge on any atom is -0.460 e. The highest BCUT2D eigenvalue weighted by Gasteiger charge is 2.31. The Bertz CT molecular complexity index is 667. The Kier molecular flexibility index (Phi) is 3.92. The number of nitrogens with zero attached hydrogens (tertiary/aromatic N) is 2. The van der Waals surface area contributed by atoms with Gasteiger partial charge >= 0.3 is 12.1 Å². The first-order valence-corrected chi connectivity index (χ1v) is 5.79. The number of benzene rings is 1. The molecule has 0 saturated heterocycles. The van der Waals surface area contributed by atoms with Gasteiger partial charge in [-0.05, 0) is 25.1 Å². The van der Waals surface area contributed by atoms with Crippen LogP contribution in [0.5, 0.6) is 0 Å². The molecule has 2 rings (SSSR count). The molecule has 21 heavy (non-hydrogen) atoms. The van der Waals surface area contributed by atoms with Crippen LogP contribution < -0.4 is 0 Å². The number of hydrogen-bond donors (Lipinski definition) is 1.